The summed E-state index contributed by atoms with van der Waals surface area (Å²) in [6.07, 6.45) is 0.581. The lowest BCUT2D eigenvalue weighted by Gasteiger charge is -2.27. The van der Waals surface area contributed by atoms with E-state index in [0.717, 1.165) is 0 Å². The largest absolute Gasteiger partial charge is 0.484 e. The fraction of sp³-hybridized carbons (Fsp3) is 0.579. The number of rotatable bonds is 8. The molecule has 1 heterocycles. The highest BCUT2D eigenvalue weighted by Crippen LogP contribution is 2.20. The molecule has 144 valence electrons. The fourth-order valence-electron chi connectivity index (χ4n) is 2.59. The van der Waals surface area contributed by atoms with E-state index in [4.69, 9.17) is 14.2 Å². The van der Waals surface area contributed by atoms with Gasteiger partial charge in [-0.15, -0.1) is 0 Å². The van der Waals surface area contributed by atoms with Gasteiger partial charge in [-0.2, -0.15) is 0 Å². The van der Waals surface area contributed by atoms with E-state index < -0.39 is 5.60 Å². The minimum absolute atomic E-state index is 0.00997. The van der Waals surface area contributed by atoms with E-state index in [9.17, 15) is 9.59 Å². The Kier molecular flexibility index (Phi) is 7.41. The maximum absolute atomic E-state index is 12.4. The van der Waals surface area contributed by atoms with Crippen LogP contribution in [-0.4, -0.2) is 61.8 Å². The highest BCUT2D eigenvalue weighted by Gasteiger charge is 2.31. The van der Waals surface area contributed by atoms with Crippen LogP contribution in [0.15, 0.2) is 24.3 Å². The molecule has 1 N–H and O–H groups in total. The number of carbonyl (C=O) groups excluding carboxylic acids is 2. The van der Waals surface area contributed by atoms with Crippen LogP contribution in [0.4, 0.5) is 5.69 Å². The number of benzene rings is 1. The number of morpholine rings is 1. The van der Waals surface area contributed by atoms with Crippen molar-refractivity contribution < 1.29 is 23.8 Å². The number of nitrogens with one attached hydrogen (secondary N) is 1. The Hall–Kier alpha value is -2.12. The number of amides is 2. The number of nitrogens with zero attached hydrogens (tertiary/aromatic N) is 1. The molecule has 7 nitrogen and oxygen atoms in total. The molecule has 2 amide bonds. The van der Waals surface area contributed by atoms with Crippen LogP contribution >= 0.6 is 0 Å². The number of hydrogen-bond acceptors (Lipinski definition) is 5. The topological polar surface area (TPSA) is 77.1 Å². The molecule has 0 aromatic heterocycles. The quantitative estimate of drug-likeness (QED) is 0.764. The molecule has 0 spiro atoms. The third-order valence-corrected chi connectivity index (χ3v) is 4.46. The Morgan fingerprint density at radius 2 is 1.85 bits per heavy atom. The van der Waals surface area contributed by atoms with Crippen LogP contribution in [0.5, 0.6) is 5.75 Å². The summed E-state index contributed by atoms with van der Waals surface area (Å²) in [6.45, 7) is 8.36. The van der Waals surface area contributed by atoms with E-state index in [2.05, 4.69) is 5.32 Å². The van der Waals surface area contributed by atoms with E-state index in [0.29, 0.717) is 50.8 Å². The second-order valence-corrected chi connectivity index (χ2v) is 6.28. The summed E-state index contributed by atoms with van der Waals surface area (Å²) < 4.78 is 16.3. The van der Waals surface area contributed by atoms with Crippen molar-refractivity contribution in [3.05, 3.63) is 24.3 Å². The smallest absolute Gasteiger partial charge is 0.260 e. The van der Waals surface area contributed by atoms with Crippen molar-refractivity contribution in [1.82, 2.24) is 4.90 Å². The molecule has 1 aromatic carbocycles. The van der Waals surface area contributed by atoms with Gasteiger partial charge in [0.25, 0.3) is 11.8 Å². The molecule has 1 atom stereocenters. The SMILES string of the molecule is CCO[C@](C)(CC)C(=O)Nc1ccc(OCC(=O)N2CCOCC2)cc1. The standard InChI is InChI=1S/C19H28N2O5/c1-4-19(3,26-5-2)18(23)20-15-6-8-16(9-7-15)25-14-17(22)21-10-12-24-13-11-21/h6-9H,4-5,10-14H2,1-3H3,(H,20,23)/t19-/m1/s1. The van der Waals surface area contributed by atoms with Gasteiger partial charge in [0.2, 0.25) is 0 Å². The molecule has 1 aliphatic rings. The van der Waals surface area contributed by atoms with Crippen LogP contribution in [0.25, 0.3) is 0 Å². The molecule has 26 heavy (non-hydrogen) atoms. The van der Waals surface area contributed by atoms with Gasteiger partial charge in [-0.1, -0.05) is 6.92 Å². The zero-order chi connectivity index (χ0) is 19.0. The predicted octanol–water partition coefficient (Wildman–Crippen LogP) is 2.07. The van der Waals surface area contributed by atoms with Crippen molar-refractivity contribution in [2.75, 3.05) is 44.8 Å². The van der Waals surface area contributed by atoms with Crippen molar-refractivity contribution in [2.24, 2.45) is 0 Å². The van der Waals surface area contributed by atoms with Gasteiger partial charge in [-0.3, -0.25) is 9.59 Å². The molecule has 0 radical (unpaired) electrons. The van der Waals surface area contributed by atoms with Crippen molar-refractivity contribution in [3.8, 4) is 5.75 Å². The Labute approximate surface area is 154 Å². The maximum atomic E-state index is 12.4. The van der Waals surface area contributed by atoms with Gasteiger partial charge in [-0.25, -0.2) is 0 Å². The molecule has 7 heteroatoms. The third kappa shape index (κ3) is 5.44. The van der Waals surface area contributed by atoms with Crippen LogP contribution < -0.4 is 10.1 Å². The van der Waals surface area contributed by atoms with Crippen molar-refractivity contribution in [1.29, 1.82) is 0 Å². The van der Waals surface area contributed by atoms with Gasteiger partial charge in [-0.05, 0) is 44.5 Å². The number of anilines is 1. The van der Waals surface area contributed by atoms with Crippen molar-refractivity contribution in [3.63, 3.8) is 0 Å². The van der Waals surface area contributed by atoms with E-state index in [1.54, 1.807) is 36.1 Å². The van der Waals surface area contributed by atoms with Crippen LogP contribution in [0.1, 0.15) is 27.2 Å². The van der Waals surface area contributed by atoms with Gasteiger partial charge in [0.15, 0.2) is 6.61 Å². The van der Waals surface area contributed by atoms with Gasteiger partial charge in [0.1, 0.15) is 11.4 Å². The zero-order valence-corrected chi connectivity index (χ0v) is 15.7. The van der Waals surface area contributed by atoms with Crippen LogP contribution in [0.2, 0.25) is 0 Å². The summed E-state index contributed by atoms with van der Waals surface area (Å²) in [6, 6.07) is 6.95. The minimum atomic E-state index is -0.853. The second kappa shape index (κ2) is 9.54. The Balaban J connectivity index is 1.85. The van der Waals surface area contributed by atoms with Crippen molar-refractivity contribution in [2.45, 2.75) is 32.8 Å². The third-order valence-electron chi connectivity index (χ3n) is 4.46. The molecule has 0 saturated carbocycles. The van der Waals surface area contributed by atoms with Gasteiger partial charge >= 0.3 is 0 Å². The normalized spacial score (nSPS) is 16.7. The number of hydrogen-bond donors (Lipinski definition) is 1. The molecule has 1 aromatic rings. The first-order chi connectivity index (χ1) is 12.5. The molecule has 0 aliphatic carbocycles. The van der Waals surface area contributed by atoms with Crippen LogP contribution in [0, 0.1) is 0 Å². The summed E-state index contributed by atoms with van der Waals surface area (Å²) in [4.78, 5) is 26.2. The molecule has 1 aliphatic heterocycles. The molecule has 0 unspecified atom stereocenters. The molecule has 0 bridgehead atoms. The predicted molar refractivity (Wildman–Crippen MR) is 98.3 cm³/mol. The molecule has 1 fully saturated rings. The van der Waals surface area contributed by atoms with Crippen LogP contribution in [-0.2, 0) is 19.1 Å². The summed E-state index contributed by atoms with van der Waals surface area (Å²) in [5.41, 5.74) is -0.199. The highest BCUT2D eigenvalue weighted by molar-refractivity contribution is 5.97. The number of ether oxygens (including phenoxy) is 3. The van der Waals surface area contributed by atoms with Gasteiger partial charge < -0.3 is 24.4 Å². The van der Waals surface area contributed by atoms with E-state index in [-0.39, 0.29) is 18.4 Å². The molecular formula is C19H28N2O5. The van der Waals surface area contributed by atoms with Crippen molar-refractivity contribution >= 4 is 17.5 Å². The average Bonchev–Trinajstić information content (AvgIpc) is 2.68. The summed E-state index contributed by atoms with van der Waals surface area (Å²) in [5, 5.41) is 2.85. The molecule has 2 rings (SSSR count). The lowest BCUT2D eigenvalue weighted by atomic mass is 10.0. The summed E-state index contributed by atoms with van der Waals surface area (Å²) in [5.74, 6) is 0.340. The Morgan fingerprint density at radius 1 is 1.19 bits per heavy atom. The lowest BCUT2D eigenvalue weighted by Crippen LogP contribution is -2.43. The van der Waals surface area contributed by atoms with Crippen LogP contribution in [0.3, 0.4) is 0 Å². The molecular weight excluding hydrogens is 336 g/mol. The number of carbonyl (C=O) groups is 2. The lowest BCUT2D eigenvalue weighted by molar-refractivity contribution is -0.139. The van der Waals surface area contributed by atoms with Gasteiger partial charge in [0, 0.05) is 25.4 Å². The maximum Gasteiger partial charge on any atom is 0.260 e. The first kappa shape index (κ1) is 20.2. The first-order valence-corrected chi connectivity index (χ1v) is 9.02. The average molecular weight is 364 g/mol. The first-order valence-electron chi connectivity index (χ1n) is 9.02. The van der Waals surface area contributed by atoms with E-state index in [1.807, 2.05) is 13.8 Å². The van der Waals surface area contributed by atoms with Gasteiger partial charge in [0.05, 0.1) is 13.2 Å². The zero-order valence-electron chi connectivity index (χ0n) is 15.7. The Bertz CT molecular complexity index is 598. The summed E-state index contributed by atoms with van der Waals surface area (Å²) >= 11 is 0. The molecule has 1 saturated heterocycles. The highest BCUT2D eigenvalue weighted by atomic mass is 16.5. The fourth-order valence-corrected chi connectivity index (χ4v) is 2.59. The Morgan fingerprint density at radius 3 is 2.42 bits per heavy atom. The monoisotopic (exact) mass is 364 g/mol. The summed E-state index contributed by atoms with van der Waals surface area (Å²) in [7, 11) is 0. The minimum Gasteiger partial charge on any atom is -0.484 e. The van der Waals surface area contributed by atoms with E-state index >= 15 is 0 Å². The second-order valence-electron chi connectivity index (χ2n) is 6.28. The van der Waals surface area contributed by atoms with E-state index in [1.165, 1.54) is 0 Å².